The fourth-order valence-electron chi connectivity index (χ4n) is 3.92. The van der Waals surface area contributed by atoms with Crippen molar-refractivity contribution in [3.05, 3.63) is 77.9 Å². The van der Waals surface area contributed by atoms with Crippen molar-refractivity contribution in [2.45, 2.75) is 64.0 Å². The summed E-state index contributed by atoms with van der Waals surface area (Å²) in [5.74, 6) is -0.299. The van der Waals surface area contributed by atoms with Gasteiger partial charge in [-0.1, -0.05) is 54.6 Å². The molecule has 2 aromatic rings. The van der Waals surface area contributed by atoms with Crippen molar-refractivity contribution in [1.82, 2.24) is 0 Å². The second-order valence-electron chi connectivity index (χ2n) is 8.96. The van der Waals surface area contributed by atoms with E-state index in [1.807, 2.05) is 66.7 Å². The highest BCUT2D eigenvalue weighted by atomic mass is 16.6. The van der Waals surface area contributed by atoms with E-state index in [0.29, 0.717) is 19.8 Å². The van der Waals surface area contributed by atoms with Crippen LogP contribution in [0.1, 0.15) is 31.4 Å². The van der Waals surface area contributed by atoms with Crippen LogP contribution in [-0.2, 0) is 46.5 Å². The van der Waals surface area contributed by atoms with Gasteiger partial charge in [-0.15, -0.1) is 0 Å². The van der Waals surface area contributed by atoms with E-state index in [1.54, 1.807) is 7.11 Å². The van der Waals surface area contributed by atoms with Crippen LogP contribution in [0.3, 0.4) is 0 Å². The Morgan fingerprint density at radius 1 is 0.921 bits per heavy atom. The fraction of sp³-hybridized carbons (Fsp3) is 0.448. The fourth-order valence-corrected chi connectivity index (χ4v) is 3.92. The summed E-state index contributed by atoms with van der Waals surface area (Å²) in [6.07, 6.45) is 0.218. The Hall–Kier alpha value is -3.24. The Bertz CT molecular complexity index is 1020. The quantitative estimate of drug-likeness (QED) is 0.152. The van der Waals surface area contributed by atoms with Gasteiger partial charge in [0.1, 0.15) is 24.1 Å². The second kappa shape index (κ2) is 15.2. The van der Waals surface area contributed by atoms with Crippen LogP contribution in [0.25, 0.3) is 0 Å². The number of hydrogen-bond donors (Lipinski definition) is 1. The molecule has 0 saturated carbocycles. The van der Waals surface area contributed by atoms with E-state index in [-0.39, 0.29) is 19.1 Å². The molecule has 0 aromatic heterocycles. The van der Waals surface area contributed by atoms with Crippen LogP contribution in [0.4, 0.5) is 0 Å². The zero-order valence-corrected chi connectivity index (χ0v) is 22.0. The smallest absolute Gasteiger partial charge is 0.303 e. The summed E-state index contributed by atoms with van der Waals surface area (Å²) in [5.41, 5.74) is 1.98. The number of aliphatic hydroxyl groups excluding tert-OH is 1. The molecule has 0 radical (unpaired) electrons. The van der Waals surface area contributed by atoms with Gasteiger partial charge in [-0.05, 0) is 23.3 Å². The Kier molecular flexibility index (Phi) is 11.8. The minimum Gasteiger partial charge on any atom is -0.497 e. The highest BCUT2D eigenvalue weighted by Crippen LogP contribution is 2.30. The molecule has 2 aromatic carbocycles. The van der Waals surface area contributed by atoms with Gasteiger partial charge in [0.15, 0.2) is 6.10 Å². The number of benzene rings is 2. The first kappa shape index (κ1) is 29.3. The van der Waals surface area contributed by atoms with Gasteiger partial charge >= 0.3 is 11.9 Å². The van der Waals surface area contributed by atoms with Crippen molar-refractivity contribution in [1.29, 1.82) is 0 Å². The summed E-state index contributed by atoms with van der Waals surface area (Å²) < 4.78 is 32.9. The lowest BCUT2D eigenvalue weighted by Crippen LogP contribution is -2.41. The first-order chi connectivity index (χ1) is 18.4. The second-order valence-corrected chi connectivity index (χ2v) is 8.96. The first-order valence-electron chi connectivity index (χ1n) is 12.5. The van der Waals surface area contributed by atoms with E-state index < -0.39 is 36.4 Å². The maximum atomic E-state index is 11.8. The van der Waals surface area contributed by atoms with Gasteiger partial charge in [0.05, 0.1) is 39.6 Å². The van der Waals surface area contributed by atoms with Crippen LogP contribution in [0.5, 0.6) is 5.75 Å². The zero-order chi connectivity index (χ0) is 27.3. The average molecular weight is 529 g/mol. The molecular weight excluding hydrogens is 492 g/mol. The minimum atomic E-state index is -0.943. The van der Waals surface area contributed by atoms with Crippen LogP contribution in [0, 0.1) is 0 Å². The van der Waals surface area contributed by atoms with Crippen LogP contribution in [-0.4, -0.2) is 67.9 Å². The number of hydrogen-bond acceptors (Lipinski definition) is 9. The molecule has 206 valence electrons. The molecule has 0 bridgehead atoms. The summed E-state index contributed by atoms with van der Waals surface area (Å²) >= 11 is 0. The first-order valence-corrected chi connectivity index (χ1v) is 12.5. The molecule has 1 N–H and O–H groups in total. The van der Waals surface area contributed by atoms with Crippen molar-refractivity contribution in [2.75, 3.05) is 20.3 Å². The van der Waals surface area contributed by atoms with Gasteiger partial charge in [-0.3, -0.25) is 9.59 Å². The van der Waals surface area contributed by atoms with Crippen LogP contribution >= 0.6 is 0 Å². The molecule has 1 heterocycles. The van der Waals surface area contributed by atoms with Crippen molar-refractivity contribution in [2.24, 2.45) is 0 Å². The molecule has 3 rings (SSSR count). The molecule has 5 atom stereocenters. The summed E-state index contributed by atoms with van der Waals surface area (Å²) in [6, 6.07) is 17.2. The van der Waals surface area contributed by atoms with Gasteiger partial charge < -0.3 is 33.5 Å². The number of rotatable bonds is 16. The molecule has 0 spiro atoms. The standard InChI is InChI=1S/C29H36O9/c1-20(30)36-27(28(37-21(2)31)19-35-18-22-8-5-4-6-9-22)16-25(32)29-26(38-29)10-7-15-34-17-23-11-13-24(33-3)14-12-23/h4-14,25-29,32H,15-19H2,1-3H3/b10-7+/t25-,26-,27-,28-,29-/m1/s1. The van der Waals surface area contributed by atoms with Crippen LogP contribution in [0.2, 0.25) is 0 Å². The van der Waals surface area contributed by atoms with E-state index in [0.717, 1.165) is 16.9 Å². The molecule has 1 aliphatic rings. The third-order valence-electron chi connectivity index (χ3n) is 5.83. The number of carbonyl (C=O) groups excluding carboxylic acids is 2. The summed E-state index contributed by atoms with van der Waals surface area (Å²) in [7, 11) is 1.62. The number of epoxide rings is 1. The summed E-state index contributed by atoms with van der Waals surface area (Å²) in [4.78, 5) is 23.5. The van der Waals surface area contributed by atoms with E-state index in [2.05, 4.69) is 0 Å². The molecule has 0 unspecified atom stereocenters. The maximum absolute atomic E-state index is 11.8. The Morgan fingerprint density at radius 2 is 1.55 bits per heavy atom. The minimum absolute atomic E-state index is 0.000466. The number of methoxy groups -OCH3 is 1. The van der Waals surface area contributed by atoms with Crippen molar-refractivity contribution in [3.8, 4) is 5.75 Å². The lowest BCUT2D eigenvalue weighted by molar-refractivity contribution is -0.173. The molecule has 9 nitrogen and oxygen atoms in total. The molecule has 1 aliphatic heterocycles. The number of carbonyl (C=O) groups is 2. The highest BCUT2D eigenvalue weighted by molar-refractivity contribution is 5.67. The predicted octanol–water partition coefficient (Wildman–Crippen LogP) is 3.37. The Balaban J connectivity index is 1.46. The number of ether oxygens (including phenoxy) is 6. The SMILES string of the molecule is COc1ccc(COC/C=C/[C@H]2O[C@@H]2[C@H](O)C[C@@H](OC(C)=O)[C@@H](COCc2ccccc2)OC(C)=O)cc1. The lowest BCUT2D eigenvalue weighted by Gasteiger charge is -2.27. The third kappa shape index (κ3) is 10.3. The predicted molar refractivity (Wildman–Crippen MR) is 138 cm³/mol. The van der Waals surface area contributed by atoms with E-state index in [4.69, 9.17) is 28.4 Å². The number of esters is 2. The largest absolute Gasteiger partial charge is 0.497 e. The molecule has 38 heavy (non-hydrogen) atoms. The lowest BCUT2D eigenvalue weighted by atomic mass is 10.0. The molecule has 0 amide bonds. The monoisotopic (exact) mass is 528 g/mol. The van der Waals surface area contributed by atoms with Crippen LogP contribution < -0.4 is 4.74 Å². The van der Waals surface area contributed by atoms with Gasteiger partial charge in [0.25, 0.3) is 0 Å². The summed E-state index contributed by atoms with van der Waals surface area (Å²) in [6.45, 7) is 3.68. The molecule has 1 fully saturated rings. The van der Waals surface area contributed by atoms with Crippen molar-refractivity contribution >= 4 is 11.9 Å². The van der Waals surface area contributed by atoms with E-state index in [1.165, 1.54) is 13.8 Å². The van der Waals surface area contributed by atoms with Gasteiger partial charge in [0, 0.05) is 20.3 Å². The molecule has 1 saturated heterocycles. The van der Waals surface area contributed by atoms with E-state index >= 15 is 0 Å². The van der Waals surface area contributed by atoms with E-state index in [9.17, 15) is 14.7 Å². The van der Waals surface area contributed by atoms with Crippen molar-refractivity contribution in [3.63, 3.8) is 0 Å². The Labute approximate surface area is 223 Å². The molecular formula is C29H36O9. The topological polar surface area (TPSA) is 113 Å². The number of aliphatic hydroxyl groups is 1. The zero-order valence-electron chi connectivity index (χ0n) is 22.0. The highest BCUT2D eigenvalue weighted by Gasteiger charge is 2.44. The third-order valence-corrected chi connectivity index (χ3v) is 5.83. The Morgan fingerprint density at radius 3 is 2.21 bits per heavy atom. The maximum Gasteiger partial charge on any atom is 0.303 e. The van der Waals surface area contributed by atoms with Gasteiger partial charge in [0.2, 0.25) is 0 Å². The summed E-state index contributed by atoms with van der Waals surface area (Å²) in [5, 5.41) is 10.8. The van der Waals surface area contributed by atoms with Crippen molar-refractivity contribution < 1.29 is 43.1 Å². The molecule has 0 aliphatic carbocycles. The molecule has 9 heteroatoms. The average Bonchev–Trinajstić information content (AvgIpc) is 3.68. The van der Waals surface area contributed by atoms with Crippen LogP contribution in [0.15, 0.2) is 66.7 Å². The normalized spacial score (nSPS) is 18.9. The van der Waals surface area contributed by atoms with Gasteiger partial charge in [-0.2, -0.15) is 0 Å². The van der Waals surface area contributed by atoms with Gasteiger partial charge in [-0.25, -0.2) is 0 Å².